The second kappa shape index (κ2) is 24.5. The van der Waals surface area contributed by atoms with Gasteiger partial charge in [0, 0.05) is 65.7 Å². The molecule has 4 aliphatic rings. The number of fused-ring (bicyclic) bond motifs is 21. The molecule has 3 heterocycles. The Morgan fingerprint density at radius 1 is 0.243 bits per heavy atom. The van der Waals surface area contributed by atoms with Crippen LogP contribution in [0.2, 0.25) is 0 Å². The van der Waals surface area contributed by atoms with E-state index < -0.39 is 5.41 Å². The summed E-state index contributed by atoms with van der Waals surface area (Å²) in [5.74, 6) is 1.72. The van der Waals surface area contributed by atoms with Crippen molar-refractivity contribution >= 4 is 56.3 Å². The average Bonchev–Trinajstić information content (AvgIpc) is 1.56. The van der Waals surface area contributed by atoms with Crippen LogP contribution in [0.5, 0.6) is 11.5 Å². The van der Waals surface area contributed by atoms with Crippen molar-refractivity contribution in [3.63, 3.8) is 0 Å². The van der Waals surface area contributed by atoms with Crippen molar-refractivity contribution in [1.82, 2.24) is 4.57 Å². The number of para-hydroxylation sites is 3. The largest absolute Gasteiger partial charge is 0.457 e. The van der Waals surface area contributed by atoms with Gasteiger partial charge in [-0.2, -0.15) is 0 Å². The smallest absolute Gasteiger partial charge is 0.132 e. The zero-order chi connectivity index (χ0) is 68.0. The minimum atomic E-state index is -0.612. The average molecular weight is 1330 g/mol. The molecule has 0 atom stereocenters. The topological polar surface area (TPSA) is 38.2 Å². The van der Waals surface area contributed by atoms with E-state index in [1.165, 1.54) is 115 Å². The van der Waals surface area contributed by atoms with Gasteiger partial charge < -0.3 is 19.9 Å². The number of hydrogen-bond donors (Lipinski definition) is 2. The molecule has 21 rings (SSSR count). The Bertz CT molecular complexity index is 6100. The molecule has 17 aromatic rings. The van der Waals surface area contributed by atoms with Gasteiger partial charge in [0.15, 0.2) is 0 Å². The molecule has 1 aromatic heterocycles. The number of benzene rings is 16. The Balaban J connectivity index is 0.000000155. The summed E-state index contributed by atoms with van der Waals surface area (Å²) in [6.07, 6.45) is 0. The third-order valence-corrected chi connectivity index (χ3v) is 22.7. The van der Waals surface area contributed by atoms with Crippen LogP contribution in [0.4, 0.5) is 22.7 Å². The highest BCUT2D eigenvalue weighted by Crippen LogP contribution is 2.65. The lowest BCUT2D eigenvalue weighted by Crippen LogP contribution is -2.32. The normalized spacial score (nSPS) is 13.2. The van der Waals surface area contributed by atoms with E-state index >= 15 is 0 Å². The number of nitrogens with one attached hydrogen (secondary N) is 2. The van der Waals surface area contributed by atoms with Crippen LogP contribution in [0, 0.1) is 0 Å². The number of anilines is 4. The van der Waals surface area contributed by atoms with Crippen LogP contribution in [-0.4, -0.2) is 4.57 Å². The molecule has 2 spiro atoms. The van der Waals surface area contributed by atoms with Gasteiger partial charge in [-0.25, -0.2) is 0 Å². The first kappa shape index (κ1) is 60.1. The fourth-order valence-electron chi connectivity index (χ4n) is 17.2. The molecule has 0 amide bonds. The SMILES string of the molecule is c1ccc(-c2ccc(Nc3ccc4c(c3)C3(c5ccccc5S4)c4ccccc4-c4ccccc43)cc2)cc1.c1ccc(-c2ccccc2-c2ccccc2Nc2ccc3c(c2)C2(c4ccc(-c5ccc6c(c5)c5ccccc5n6-c5ccccc5)cc4O3)c3ccccc3-c3ccccc32)cc1. The summed E-state index contributed by atoms with van der Waals surface area (Å²) in [6.45, 7) is 0. The van der Waals surface area contributed by atoms with Crippen LogP contribution < -0.4 is 15.4 Å². The van der Waals surface area contributed by atoms with Crippen molar-refractivity contribution in [3.05, 3.63) is 427 Å². The predicted molar refractivity (Wildman–Crippen MR) is 427 cm³/mol. The summed E-state index contributed by atoms with van der Waals surface area (Å²) in [5.41, 5.74) is 31.6. The fraction of sp³-hybridized carbons (Fsp3) is 0.0204. The van der Waals surface area contributed by atoms with Crippen molar-refractivity contribution in [2.24, 2.45) is 0 Å². The van der Waals surface area contributed by atoms with Crippen LogP contribution in [0.1, 0.15) is 44.5 Å². The summed E-state index contributed by atoms with van der Waals surface area (Å²) >= 11 is 1.88. The molecule has 0 fully saturated rings. The molecule has 2 aliphatic carbocycles. The van der Waals surface area contributed by atoms with Crippen LogP contribution in [0.3, 0.4) is 0 Å². The minimum absolute atomic E-state index is 0.348. The van der Waals surface area contributed by atoms with Crippen LogP contribution in [-0.2, 0) is 10.8 Å². The highest BCUT2D eigenvalue weighted by molar-refractivity contribution is 7.99. The Morgan fingerprint density at radius 3 is 1.38 bits per heavy atom. The Morgan fingerprint density at radius 2 is 0.699 bits per heavy atom. The van der Waals surface area contributed by atoms with E-state index in [2.05, 4.69) is 397 Å². The maximum atomic E-state index is 7.11. The molecule has 2 N–H and O–H groups in total. The highest BCUT2D eigenvalue weighted by atomic mass is 32.2. The lowest BCUT2D eigenvalue weighted by Gasteiger charge is -2.39. The summed E-state index contributed by atoms with van der Waals surface area (Å²) in [4.78, 5) is 2.64. The van der Waals surface area contributed by atoms with Crippen molar-refractivity contribution in [2.75, 3.05) is 10.6 Å². The van der Waals surface area contributed by atoms with E-state index in [0.717, 1.165) is 67.8 Å². The molecule has 2 aliphatic heterocycles. The molecule has 0 saturated carbocycles. The minimum Gasteiger partial charge on any atom is -0.457 e. The van der Waals surface area contributed by atoms with Gasteiger partial charge in [-0.05, 0) is 192 Å². The standard InChI is InChI=1S/C61H40N2O.C37H25NS/c1-3-17-40(18-4-1)45-21-7-8-22-46(45)49-25-11-15-29-56(49)62-43-33-36-59-55(39-43)61(52-27-13-9-23-47(52)48-24-10-14-28-53(48)61)54-34-31-42(38-60(54)64-59)41-32-35-58-51(37-41)50-26-12-16-30-57(50)63(58)44-19-5-2-6-20-44;1-2-10-25(11-3-1)26-18-20-27(21-19-26)38-28-22-23-36-34(24-28)37(33-16-8-9-17-35(33)39-36)31-14-6-4-12-29(31)30-13-5-7-15-32(30)37/h1-39,62H;1-24,38H. The quantitative estimate of drug-likeness (QED) is 0.151. The van der Waals surface area contributed by atoms with Gasteiger partial charge in [-0.15, -0.1) is 0 Å². The molecule has 5 heteroatoms. The Labute approximate surface area is 603 Å². The van der Waals surface area contributed by atoms with E-state index in [1.54, 1.807) is 0 Å². The molecule has 0 saturated heterocycles. The van der Waals surface area contributed by atoms with E-state index in [9.17, 15) is 0 Å². The zero-order valence-electron chi connectivity index (χ0n) is 56.1. The van der Waals surface area contributed by atoms with Gasteiger partial charge in [0.25, 0.3) is 0 Å². The van der Waals surface area contributed by atoms with Crippen molar-refractivity contribution < 1.29 is 4.74 Å². The van der Waals surface area contributed by atoms with Crippen LogP contribution in [0.25, 0.3) is 94.3 Å². The second-order valence-electron chi connectivity index (χ2n) is 27.1. The number of rotatable bonds is 9. The first-order valence-corrected chi connectivity index (χ1v) is 36.2. The van der Waals surface area contributed by atoms with Gasteiger partial charge in [-0.3, -0.25) is 0 Å². The lowest BCUT2D eigenvalue weighted by atomic mass is 9.66. The van der Waals surface area contributed by atoms with Gasteiger partial charge in [-0.1, -0.05) is 297 Å². The Hall–Kier alpha value is -12.9. The molecule has 484 valence electrons. The molecular formula is C98H65N3OS. The van der Waals surface area contributed by atoms with Crippen molar-refractivity contribution in [2.45, 2.75) is 20.6 Å². The zero-order valence-corrected chi connectivity index (χ0v) is 57.0. The van der Waals surface area contributed by atoms with Crippen molar-refractivity contribution in [3.8, 4) is 83.9 Å². The molecule has 16 aromatic carbocycles. The summed E-state index contributed by atoms with van der Waals surface area (Å²) in [7, 11) is 0. The van der Waals surface area contributed by atoms with Crippen molar-refractivity contribution in [1.29, 1.82) is 0 Å². The first-order chi connectivity index (χ1) is 51.1. The summed E-state index contributed by atoms with van der Waals surface area (Å²) in [6, 6.07) is 138. The number of aromatic nitrogens is 1. The number of ether oxygens (including phenoxy) is 1. The third kappa shape index (κ3) is 9.61. The second-order valence-corrected chi connectivity index (χ2v) is 28.2. The maximum absolute atomic E-state index is 7.11. The van der Waals surface area contributed by atoms with Crippen LogP contribution in [0.15, 0.2) is 392 Å². The molecule has 4 nitrogen and oxygen atoms in total. The molecule has 103 heavy (non-hydrogen) atoms. The lowest BCUT2D eigenvalue weighted by molar-refractivity contribution is 0.436. The number of nitrogens with zero attached hydrogens (tertiary/aromatic N) is 1. The highest BCUT2D eigenvalue weighted by Gasteiger charge is 2.52. The summed E-state index contributed by atoms with van der Waals surface area (Å²) in [5, 5.41) is 10.0. The van der Waals surface area contributed by atoms with Gasteiger partial charge in [0.2, 0.25) is 0 Å². The van der Waals surface area contributed by atoms with E-state index in [0.29, 0.717) is 0 Å². The van der Waals surface area contributed by atoms with Gasteiger partial charge in [0.1, 0.15) is 11.5 Å². The maximum Gasteiger partial charge on any atom is 0.132 e. The van der Waals surface area contributed by atoms with E-state index in [4.69, 9.17) is 4.74 Å². The van der Waals surface area contributed by atoms with Crippen LogP contribution >= 0.6 is 11.8 Å². The predicted octanol–water partition coefficient (Wildman–Crippen LogP) is 25.9. The van der Waals surface area contributed by atoms with E-state index in [1.807, 2.05) is 11.8 Å². The van der Waals surface area contributed by atoms with E-state index in [-0.39, 0.29) is 5.41 Å². The number of hydrogen-bond acceptors (Lipinski definition) is 4. The summed E-state index contributed by atoms with van der Waals surface area (Å²) < 4.78 is 9.47. The third-order valence-electron chi connectivity index (χ3n) is 21.6. The fourth-order valence-corrected chi connectivity index (χ4v) is 18.4. The molecule has 0 radical (unpaired) electrons. The van der Waals surface area contributed by atoms with Gasteiger partial charge in [0.05, 0.1) is 21.9 Å². The molecule has 0 bridgehead atoms. The Kier molecular flexibility index (Phi) is 14.3. The molecule has 0 unspecified atom stereocenters. The van der Waals surface area contributed by atoms with Gasteiger partial charge >= 0.3 is 0 Å². The first-order valence-electron chi connectivity index (χ1n) is 35.4. The monoisotopic (exact) mass is 1330 g/mol. The molecular weight excluding hydrogens is 1270 g/mol.